The summed E-state index contributed by atoms with van der Waals surface area (Å²) in [5.74, 6) is 5.86. The maximum absolute atomic E-state index is 5.99. The third kappa shape index (κ3) is 9.36. The van der Waals surface area contributed by atoms with E-state index in [1.807, 2.05) is 0 Å². The average Bonchev–Trinajstić information content (AvgIpc) is 2.83. The Labute approximate surface area is 198 Å². The molecule has 1 aromatic rings. The zero-order chi connectivity index (χ0) is 22.4. The molecular formula is C30H50O2. The summed E-state index contributed by atoms with van der Waals surface area (Å²) in [7, 11) is 0. The third-order valence-electron chi connectivity index (χ3n) is 8.20. The van der Waals surface area contributed by atoms with Gasteiger partial charge in [0.2, 0.25) is 0 Å². The topological polar surface area (TPSA) is 18.5 Å². The van der Waals surface area contributed by atoms with Gasteiger partial charge in [-0.1, -0.05) is 90.9 Å². The van der Waals surface area contributed by atoms with Gasteiger partial charge in [0.1, 0.15) is 11.5 Å². The monoisotopic (exact) mass is 442 g/mol. The van der Waals surface area contributed by atoms with Gasteiger partial charge < -0.3 is 9.47 Å². The SMILES string of the molecule is CCC[C@H]1CC[C@H](CCCOc2ccc(OCCC[C@H]3CC[C@H](CCC)CC3)cc2)CC1. The van der Waals surface area contributed by atoms with Crippen LogP contribution in [0.15, 0.2) is 24.3 Å². The molecule has 32 heavy (non-hydrogen) atoms. The smallest absolute Gasteiger partial charge is 0.119 e. The summed E-state index contributed by atoms with van der Waals surface area (Å²) in [5, 5.41) is 0. The van der Waals surface area contributed by atoms with Gasteiger partial charge in [0.15, 0.2) is 0 Å². The van der Waals surface area contributed by atoms with E-state index in [1.165, 1.54) is 103 Å². The molecule has 0 heterocycles. The van der Waals surface area contributed by atoms with Crippen molar-refractivity contribution in [3.8, 4) is 11.5 Å². The van der Waals surface area contributed by atoms with E-state index in [9.17, 15) is 0 Å². The van der Waals surface area contributed by atoms with Gasteiger partial charge in [-0.25, -0.2) is 0 Å². The van der Waals surface area contributed by atoms with Gasteiger partial charge in [0, 0.05) is 0 Å². The molecule has 0 aliphatic heterocycles. The van der Waals surface area contributed by atoms with Crippen LogP contribution in [-0.2, 0) is 0 Å². The zero-order valence-corrected chi connectivity index (χ0v) is 21.2. The van der Waals surface area contributed by atoms with Crippen molar-refractivity contribution in [1.29, 1.82) is 0 Å². The Morgan fingerprint density at radius 2 is 0.844 bits per heavy atom. The molecule has 0 amide bonds. The van der Waals surface area contributed by atoms with Crippen molar-refractivity contribution in [3.63, 3.8) is 0 Å². The van der Waals surface area contributed by atoms with Crippen molar-refractivity contribution in [2.75, 3.05) is 13.2 Å². The van der Waals surface area contributed by atoms with Gasteiger partial charge >= 0.3 is 0 Å². The van der Waals surface area contributed by atoms with E-state index in [2.05, 4.69) is 38.1 Å². The van der Waals surface area contributed by atoms with Crippen molar-refractivity contribution >= 4 is 0 Å². The van der Waals surface area contributed by atoms with Crippen LogP contribution in [0.2, 0.25) is 0 Å². The van der Waals surface area contributed by atoms with Crippen molar-refractivity contribution in [2.45, 2.75) is 117 Å². The number of rotatable bonds is 14. The lowest BCUT2D eigenvalue weighted by atomic mass is 9.78. The molecule has 182 valence electrons. The second kappa shape index (κ2) is 14.9. The molecule has 0 N–H and O–H groups in total. The predicted molar refractivity (Wildman–Crippen MR) is 137 cm³/mol. The van der Waals surface area contributed by atoms with E-state index in [0.29, 0.717) is 0 Å². The first-order chi connectivity index (χ1) is 15.8. The Balaban J connectivity index is 1.20. The minimum atomic E-state index is 0.843. The highest BCUT2D eigenvalue weighted by Gasteiger charge is 2.21. The number of hydrogen-bond donors (Lipinski definition) is 0. The minimum absolute atomic E-state index is 0.843. The molecule has 1 aromatic carbocycles. The highest BCUT2D eigenvalue weighted by Crippen LogP contribution is 2.35. The fourth-order valence-corrected chi connectivity index (χ4v) is 6.19. The molecular weight excluding hydrogens is 392 g/mol. The molecule has 2 nitrogen and oxygen atoms in total. The van der Waals surface area contributed by atoms with Gasteiger partial charge in [-0.3, -0.25) is 0 Å². The van der Waals surface area contributed by atoms with E-state index in [4.69, 9.17) is 9.47 Å². The predicted octanol–water partition coefficient (Wildman–Crippen LogP) is 9.22. The molecule has 2 aliphatic rings. The van der Waals surface area contributed by atoms with Crippen LogP contribution in [0.3, 0.4) is 0 Å². The molecule has 0 aromatic heterocycles. The van der Waals surface area contributed by atoms with Gasteiger partial charge in [-0.15, -0.1) is 0 Å². The molecule has 2 saturated carbocycles. The van der Waals surface area contributed by atoms with E-state index in [1.54, 1.807) is 0 Å². The van der Waals surface area contributed by atoms with Crippen LogP contribution >= 0.6 is 0 Å². The fourth-order valence-electron chi connectivity index (χ4n) is 6.19. The summed E-state index contributed by atoms with van der Waals surface area (Å²) in [6.07, 6.45) is 22.2. The third-order valence-corrected chi connectivity index (χ3v) is 8.20. The largest absolute Gasteiger partial charge is 0.494 e. The summed E-state index contributed by atoms with van der Waals surface area (Å²) in [6, 6.07) is 8.28. The molecule has 0 spiro atoms. The fraction of sp³-hybridized carbons (Fsp3) is 0.800. The van der Waals surface area contributed by atoms with Gasteiger partial charge in [0.25, 0.3) is 0 Å². The van der Waals surface area contributed by atoms with E-state index < -0.39 is 0 Å². The lowest BCUT2D eigenvalue weighted by Crippen LogP contribution is -2.15. The van der Waals surface area contributed by atoms with E-state index >= 15 is 0 Å². The van der Waals surface area contributed by atoms with Crippen molar-refractivity contribution in [1.82, 2.24) is 0 Å². The van der Waals surface area contributed by atoms with Crippen LogP contribution in [0.4, 0.5) is 0 Å². The quantitative estimate of drug-likeness (QED) is 0.267. The average molecular weight is 443 g/mol. The molecule has 0 saturated heterocycles. The molecule has 0 atom stereocenters. The van der Waals surface area contributed by atoms with E-state index in [0.717, 1.165) is 48.4 Å². The van der Waals surface area contributed by atoms with Crippen LogP contribution in [-0.4, -0.2) is 13.2 Å². The number of ether oxygens (including phenoxy) is 2. The summed E-state index contributed by atoms with van der Waals surface area (Å²) < 4.78 is 12.0. The molecule has 2 aliphatic carbocycles. The molecule has 2 fully saturated rings. The molecule has 0 radical (unpaired) electrons. The first-order valence-electron chi connectivity index (χ1n) is 14.1. The van der Waals surface area contributed by atoms with Crippen LogP contribution in [0, 0.1) is 23.7 Å². The maximum Gasteiger partial charge on any atom is 0.119 e. The summed E-state index contributed by atoms with van der Waals surface area (Å²) >= 11 is 0. The second-order valence-corrected chi connectivity index (χ2v) is 10.8. The molecule has 0 unspecified atom stereocenters. The van der Waals surface area contributed by atoms with Crippen molar-refractivity contribution in [3.05, 3.63) is 24.3 Å². The standard InChI is InChI=1S/C30H50O2/c1-3-7-25-11-15-27(16-12-25)9-5-23-31-29-19-21-30(22-20-29)32-24-6-10-28-17-13-26(8-4-2)14-18-28/h19-22,25-28H,3-18,23-24H2,1-2H3/t25-,26-,27-,28-. The molecule has 2 heteroatoms. The first kappa shape index (κ1) is 25.4. The van der Waals surface area contributed by atoms with Crippen LogP contribution < -0.4 is 9.47 Å². The van der Waals surface area contributed by atoms with Crippen LogP contribution in [0.1, 0.15) is 117 Å². The highest BCUT2D eigenvalue weighted by atomic mass is 16.5. The molecule has 3 rings (SSSR count). The maximum atomic E-state index is 5.99. The van der Waals surface area contributed by atoms with Gasteiger partial charge in [-0.2, -0.15) is 0 Å². The van der Waals surface area contributed by atoms with Gasteiger partial charge in [0.05, 0.1) is 13.2 Å². The Hall–Kier alpha value is -1.18. The van der Waals surface area contributed by atoms with Gasteiger partial charge in [-0.05, 0) is 73.6 Å². The highest BCUT2D eigenvalue weighted by molar-refractivity contribution is 5.31. The lowest BCUT2D eigenvalue weighted by Gasteiger charge is -2.28. The second-order valence-electron chi connectivity index (χ2n) is 10.8. The lowest BCUT2D eigenvalue weighted by molar-refractivity contribution is 0.228. The Kier molecular flexibility index (Phi) is 11.8. The first-order valence-corrected chi connectivity index (χ1v) is 14.1. The van der Waals surface area contributed by atoms with Crippen molar-refractivity contribution < 1.29 is 9.47 Å². The number of hydrogen-bond acceptors (Lipinski definition) is 2. The van der Waals surface area contributed by atoms with Crippen molar-refractivity contribution in [2.24, 2.45) is 23.7 Å². The summed E-state index contributed by atoms with van der Waals surface area (Å²) in [5.41, 5.74) is 0. The van der Waals surface area contributed by atoms with Crippen LogP contribution in [0.25, 0.3) is 0 Å². The normalized spacial score (nSPS) is 26.1. The Bertz CT molecular complexity index is 526. The van der Waals surface area contributed by atoms with Crippen LogP contribution in [0.5, 0.6) is 11.5 Å². The number of benzene rings is 1. The Morgan fingerprint density at radius 3 is 1.16 bits per heavy atom. The summed E-state index contributed by atoms with van der Waals surface area (Å²) in [6.45, 7) is 6.33. The zero-order valence-electron chi connectivity index (χ0n) is 21.2. The van der Waals surface area contributed by atoms with E-state index in [-0.39, 0.29) is 0 Å². The Morgan fingerprint density at radius 1 is 0.531 bits per heavy atom. The molecule has 0 bridgehead atoms. The summed E-state index contributed by atoms with van der Waals surface area (Å²) in [4.78, 5) is 0. The minimum Gasteiger partial charge on any atom is -0.494 e.